The van der Waals surface area contributed by atoms with E-state index in [0.717, 1.165) is 12.1 Å². The molecule has 2 N–H and O–H groups in total. The van der Waals surface area contributed by atoms with Crippen LogP contribution in [-0.4, -0.2) is 25.2 Å². The Bertz CT molecular complexity index is 642. The van der Waals surface area contributed by atoms with Crippen LogP contribution >= 0.6 is 0 Å². The highest BCUT2D eigenvalue weighted by atomic mass is 32.2. The van der Waals surface area contributed by atoms with Gasteiger partial charge in [0.25, 0.3) is 10.0 Å². The normalized spacial score (nSPS) is 11.2. The van der Waals surface area contributed by atoms with Gasteiger partial charge in [-0.1, -0.05) is 19.1 Å². The Hall–Kier alpha value is -1.99. The maximum atomic E-state index is 12.1. The number of hydrogen-bond acceptors (Lipinski definition) is 5. The molecule has 0 fully saturated rings. The minimum Gasteiger partial charge on any atom is -0.313 e. The van der Waals surface area contributed by atoms with Gasteiger partial charge in [0.2, 0.25) is 0 Å². The molecule has 0 amide bonds. The molecule has 0 aliphatic carbocycles. The van der Waals surface area contributed by atoms with Crippen molar-refractivity contribution in [3.63, 3.8) is 0 Å². The van der Waals surface area contributed by atoms with Gasteiger partial charge in [-0.05, 0) is 36.4 Å². The number of nitrogens with zero attached hydrogens (tertiary/aromatic N) is 2. The van der Waals surface area contributed by atoms with Crippen molar-refractivity contribution in [3.8, 4) is 0 Å². The highest BCUT2D eigenvalue weighted by Crippen LogP contribution is 2.14. The van der Waals surface area contributed by atoms with Gasteiger partial charge in [0, 0.05) is 12.7 Å². The first kappa shape index (κ1) is 14.4. The average molecular weight is 292 g/mol. The maximum absolute atomic E-state index is 12.1. The molecule has 1 aromatic carbocycles. The highest BCUT2D eigenvalue weighted by molar-refractivity contribution is 7.92. The number of nitrogens with one attached hydrogen (secondary N) is 2. The van der Waals surface area contributed by atoms with E-state index in [-0.39, 0.29) is 10.7 Å². The van der Waals surface area contributed by atoms with Crippen LogP contribution in [0.3, 0.4) is 0 Å². The lowest BCUT2D eigenvalue weighted by Gasteiger charge is -2.07. The Morgan fingerprint density at radius 2 is 1.90 bits per heavy atom. The lowest BCUT2D eigenvalue weighted by molar-refractivity contribution is 0.601. The molecule has 1 aromatic heterocycles. The van der Waals surface area contributed by atoms with Crippen LogP contribution in [0.1, 0.15) is 12.5 Å². The van der Waals surface area contributed by atoms with Gasteiger partial charge in [-0.3, -0.25) is 4.72 Å². The van der Waals surface area contributed by atoms with E-state index in [1.807, 2.05) is 6.92 Å². The van der Waals surface area contributed by atoms with Gasteiger partial charge in [-0.15, -0.1) is 5.10 Å². The molecule has 0 atom stereocenters. The molecule has 106 valence electrons. The molecule has 20 heavy (non-hydrogen) atoms. The van der Waals surface area contributed by atoms with Crippen molar-refractivity contribution in [2.24, 2.45) is 0 Å². The highest BCUT2D eigenvalue weighted by Gasteiger charge is 2.14. The summed E-state index contributed by atoms with van der Waals surface area (Å²) in [5.41, 5.74) is 1.03. The van der Waals surface area contributed by atoms with Gasteiger partial charge in [0.1, 0.15) is 0 Å². The van der Waals surface area contributed by atoms with Crippen molar-refractivity contribution in [2.75, 3.05) is 11.3 Å². The summed E-state index contributed by atoms with van der Waals surface area (Å²) in [5.74, 6) is 0.198. The molecule has 7 heteroatoms. The molecule has 0 unspecified atom stereocenters. The zero-order chi connectivity index (χ0) is 14.4. The molecular formula is C13H16N4O2S. The topological polar surface area (TPSA) is 84.0 Å². The van der Waals surface area contributed by atoms with Gasteiger partial charge in [0.15, 0.2) is 5.82 Å². The quantitative estimate of drug-likeness (QED) is 0.840. The Labute approximate surface area is 118 Å². The number of rotatable bonds is 6. The van der Waals surface area contributed by atoms with Gasteiger partial charge in [-0.25, -0.2) is 8.42 Å². The zero-order valence-corrected chi connectivity index (χ0v) is 11.9. The summed E-state index contributed by atoms with van der Waals surface area (Å²) >= 11 is 0. The SMILES string of the molecule is CCNCc1ccc(S(=O)(=O)Nc2cccnn2)cc1. The van der Waals surface area contributed by atoms with Crippen LogP contribution < -0.4 is 10.0 Å². The lowest BCUT2D eigenvalue weighted by Crippen LogP contribution is -2.15. The van der Waals surface area contributed by atoms with E-state index in [1.165, 1.54) is 6.20 Å². The largest absolute Gasteiger partial charge is 0.313 e. The number of hydrogen-bond donors (Lipinski definition) is 2. The second-order valence-electron chi connectivity index (χ2n) is 4.14. The molecule has 0 radical (unpaired) electrons. The molecule has 0 aliphatic heterocycles. The first-order valence-electron chi connectivity index (χ1n) is 6.22. The van der Waals surface area contributed by atoms with Crippen molar-refractivity contribution in [1.29, 1.82) is 0 Å². The van der Waals surface area contributed by atoms with Gasteiger partial charge in [-0.2, -0.15) is 5.10 Å². The first-order valence-corrected chi connectivity index (χ1v) is 7.70. The summed E-state index contributed by atoms with van der Waals surface area (Å²) in [6.07, 6.45) is 1.48. The van der Waals surface area contributed by atoms with E-state index in [0.29, 0.717) is 6.54 Å². The molecule has 1 heterocycles. The molecule has 2 rings (SSSR count). The fourth-order valence-electron chi connectivity index (χ4n) is 1.61. The molecule has 2 aromatic rings. The first-order chi connectivity index (χ1) is 9.62. The van der Waals surface area contributed by atoms with Crippen LogP contribution in [0.5, 0.6) is 0 Å². The molecule has 0 aliphatic rings. The second-order valence-corrected chi connectivity index (χ2v) is 5.82. The molecule has 0 bridgehead atoms. The van der Waals surface area contributed by atoms with Crippen molar-refractivity contribution in [1.82, 2.24) is 15.5 Å². The van der Waals surface area contributed by atoms with Crippen molar-refractivity contribution >= 4 is 15.8 Å². The summed E-state index contributed by atoms with van der Waals surface area (Å²) in [6.45, 7) is 3.60. The van der Waals surface area contributed by atoms with E-state index in [4.69, 9.17) is 0 Å². The lowest BCUT2D eigenvalue weighted by atomic mass is 10.2. The van der Waals surface area contributed by atoms with Crippen LogP contribution in [0.25, 0.3) is 0 Å². The molecule has 6 nitrogen and oxygen atoms in total. The fraction of sp³-hybridized carbons (Fsp3) is 0.231. The van der Waals surface area contributed by atoms with Gasteiger partial charge in [0.05, 0.1) is 4.90 Å². The smallest absolute Gasteiger partial charge is 0.263 e. The van der Waals surface area contributed by atoms with Crippen LogP contribution in [0.15, 0.2) is 47.5 Å². The van der Waals surface area contributed by atoms with Crippen LogP contribution in [0, 0.1) is 0 Å². The van der Waals surface area contributed by atoms with Gasteiger partial charge >= 0.3 is 0 Å². The average Bonchev–Trinajstić information content (AvgIpc) is 2.46. The fourth-order valence-corrected chi connectivity index (χ4v) is 2.60. The summed E-state index contributed by atoms with van der Waals surface area (Å²) in [4.78, 5) is 0.198. The minimum atomic E-state index is -3.62. The Balaban J connectivity index is 2.13. The second kappa shape index (κ2) is 6.44. The number of benzene rings is 1. The van der Waals surface area contributed by atoms with Crippen molar-refractivity contribution < 1.29 is 8.42 Å². The number of aromatic nitrogens is 2. The predicted octanol–water partition coefficient (Wildman–Crippen LogP) is 1.39. The minimum absolute atomic E-state index is 0.198. The molecule has 0 saturated carbocycles. The van der Waals surface area contributed by atoms with E-state index in [1.54, 1.807) is 36.4 Å². The third-order valence-electron chi connectivity index (χ3n) is 2.62. The Kier molecular flexibility index (Phi) is 4.65. The standard InChI is InChI=1S/C13H16N4O2S/c1-2-14-10-11-5-7-12(8-6-11)20(18,19)17-13-4-3-9-15-16-13/h3-9,14H,2,10H2,1H3,(H,16,17). The predicted molar refractivity (Wildman–Crippen MR) is 76.7 cm³/mol. The van der Waals surface area contributed by atoms with Crippen LogP contribution in [0.4, 0.5) is 5.82 Å². The van der Waals surface area contributed by atoms with Crippen LogP contribution in [-0.2, 0) is 16.6 Å². The Morgan fingerprint density at radius 1 is 1.15 bits per heavy atom. The summed E-state index contributed by atoms with van der Waals surface area (Å²) in [5, 5.41) is 10.5. The summed E-state index contributed by atoms with van der Waals surface area (Å²) in [6, 6.07) is 9.88. The summed E-state index contributed by atoms with van der Waals surface area (Å²) in [7, 11) is -3.62. The number of anilines is 1. The van der Waals surface area contributed by atoms with Crippen LogP contribution in [0.2, 0.25) is 0 Å². The maximum Gasteiger partial charge on any atom is 0.263 e. The molecule has 0 spiro atoms. The van der Waals surface area contributed by atoms with Gasteiger partial charge < -0.3 is 5.32 Å². The third kappa shape index (κ3) is 3.75. The molecule has 0 saturated heterocycles. The van der Waals surface area contributed by atoms with E-state index < -0.39 is 10.0 Å². The number of sulfonamides is 1. The zero-order valence-electron chi connectivity index (χ0n) is 11.1. The molecular weight excluding hydrogens is 276 g/mol. The van der Waals surface area contributed by atoms with Crippen molar-refractivity contribution in [2.45, 2.75) is 18.4 Å². The third-order valence-corrected chi connectivity index (χ3v) is 3.99. The van der Waals surface area contributed by atoms with E-state index in [9.17, 15) is 8.42 Å². The van der Waals surface area contributed by atoms with Crippen molar-refractivity contribution in [3.05, 3.63) is 48.2 Å². The van der Waals surface area contributed by atoms with E-state index >= 15 is 0 Å². The van der Waals surface area contributed by atoms with E-state index in [2.05, 4.69) is 20.2 Å². The summed E-state index contributed by atoms with van der Waals surface area (Å²) < 4.78 is 26.6. The Morgan fingerprint density at radius 3 is 2.50 bits per heavy atom. The monoisotopic (exact) mass is 292 g/mol.